The zero-order chi connectivity index (χ0) is 20.2. The van der Waals surface area contributed by atoms with Crippen LogP contribution in [0.3, 0.4) is 0 Å². The van der Waals surface area contributed by atoms with E-state index in [-0.39, 0.29) is 11.5 Å². The highest BCUT2D eigenvalue weighted by molar-refractivity contribution is 6.02. The molecule has 1 fully saturated rings. The Morgan fingerprint density at radius 2 is 1.76 bits per heavy atom. The van der Waals surface area contributed by atoms with Crippen LogP contribution in [0.2, 0.25) is 0 Å². The molecule has 2 aromatic carbocycles. The fourth-order valence-corrected chi connectivity index (χ4v) is 3.53. The maximum absolute atomic E-state index is 12.8. The predicted octanol–water partition coefficient (Wildman–Crippen LogP) is 4.38. The second-order valence-corrected chi connectivity index (χ2v) is 7.25. The molecule has 4 rings (SSSR count). The molecule has 0 unspecified atom stereocenters. The number of hydrogen-bond donors (Lipinski definition) is 0. The quantitative estimate of drug-likeness (QED) is 0.497. The standard InChI is InChI=1S/C24H22N4O/c1-18-9-11-19(12-10-18)23-21(17-28(26-23)22-7-3-2-4-8-22)15-20(16-25)24(29)27-13-5-6-14-27/h2-4,7-12,15,17H,5-6,13-14H2,1H3/b20-15+. The second kappa shape index (κ2) is 8.15. The van der Waals surface area contributed by atoms with Gasteiger partial charge in [0.15, 0.2) is 0 Å². The van der Waals surface area contributed by atoms with Gasteiger partial charge >= 0.3 is 0 Å². The summed E-state index contributed by atoms with van der Waals surface area (Å²) in [6.45, 7) is 3.47. The van der Waals surface area contributed by atoms with Crippen molar-refractivity contribution in [2.75, 3.05) is 13.1 Å². The normalized spacial score (nSPS) is 14.1. The molecule has 0 saturated carbocycles. The van der Waals surface area contributed by atoms with E-state index in [1.165, 1.54) is 0 Å². The van der Waals surface area contributed by atoms with Gasteiger partial charge in [0, 0.05) is 30.4 Å². The van der Waals surface area contributed by atoms with E-state index in [9.17, 15) is 10.1 Å². The molecular weight excluding hydrogens is 360 g/mol. The summed E-state index contributed by atoms with van der Waals surface area (Å²) in [5.74, 6) is -0.202. The number of aryl methyl sites for hydroxylation is 1. The number of amides is 1. The molecule has 29 heavy (non-hydrogen) atoms. The van der Waals surface area contributed by atoms with Crippen molar-refractivity contribution < 1.29 is 4.79 Å². The lowest BCUT2D eigenvalue weighted by Crippen LogP contribution is -2.28. The van der Waals surface area contributed by atoms with E-state index in [0.717, 1.165) is 40.9 Å². The lowest BCUT2D eigenvalue weighted by molar-refractivity contribution is -0.125. The highest BCUT2D eigenvalue weighted by Gasteiger charge is 2.22. The molecule has 2 heterocycles. The summed E-state index contributed by atoms with van der Waals surface area (Å²) in [6.07, 6.45) is 5.53. The molecule has 1 aliphatic rings. The number of benzene rings is 2. The molecule has 144 valence electrons. The Bertz CT molecular complexity index is 1080. The van der Waals surface area contributed by atoms with Gasteiger partial charge in [-0.3, -0.25) is 4.79 Å². The molecule has 0 spiro atoms. The zero-order valence-electron chi connectivity index (χ0n) is 16.4. The van der Waals surface area contributed by atoms with Gasteiger partial charge in [-0.15, -0.1) is 0 Å². The first-order valence-electron chi connectivity index (χ1n) is 9.79. The van der Waals surface area contributed by atoms with Crippen LogP contribution in [-0.2, 0) is 4.79 Å². The number of carbonyl (C=O) groups excluding carboxylic acids is 1. The van der Waals surface area contributed by atoms with Crippen molar-refractivity contribution in [3.8, 4) is 23.0 Å². The molecule has 3 aromatic rings. The largest absolute Gasteiger partial charge is 0.338 e. The van der Waals surface area contributed by atoms with E-state index in [4.69, 9.17) is 5.10 Å². The Kier molecular flexibility index (Phi) is 5.26. The topological polar surface area (TPSA) is 61.9 Å². The molecule has 5 heteroatoms. The number of rotatable bonds is 4. The predicted molar refractivity (Wildman–Crippen MR) is 113 cm³/mol. The lowest BCUT2D eigenvalue weighted by Gasteiger charge is -2.14. The van der Waals surface area contributed by atoms with Crippen LogP contribution < -0.4 is 0 Å². The minimum absolute atomic E-state index is 0.146. The number of aromatic nitrogens is 2. The van der Waals surface area contributed by atoms with E-state index >= 15 is 0 Å². The van der Waals surface area contributed by atoms with Gasteiger partial charge in [0.1, 0.15) is 11.6 Å². The van der Waals surface area contributed by atoms with Gasteiger partial charge < -0.3 is 4.90 Å². The molecule has 0 radical (unpaired) electrons. The number of hydrogen-bond acceptors (Lipinski definition) is 3. The van der Waals surface area contributed by atoms with Crippen LogP contribution in [0.1, 0.15) is 24.0 Å². The molecule has 1 aromatic heterocycles. The van der Waals surface area contributed by atoms with Crippen molar-refractivity contribution in [3.63, 3.8) is 0 Å². The van der Waals surface area contributed by atoms with Crippen LogP contribution in [0.25, 0.3) is 23.0 Å². The summed E-state index contributed by atoms with van der Waals surface area (Å²) >= 11 is 0. The number of nitrogens with zero attached hydrogens (tertiary/aromatic N) is 4. The summed E-state index contributed by atoms with van der Waals surface area (Å²) in [5, 5.41) is 14.4. The zero-order valence-corrected chi connectivity index (χ0v) is 16.4. The van der Waals surface area contributed by atoms with Crippen molar-refractivity contribution in [3.05, 3.63) is 77.5 Å². The molecule has 5 nitrogen and oxygen atoms in total. The molecule has 0 N–H and O–H groups in total. The number of para-hydroxylation sites is 1. The summed E-state index contributed by atoms with van der Waals surface area (Å²) in [4.78, 5) is 14.5. The van der Waals surface area contributed by atoms with Gasteiger partial charge in [-0.25, -0.2) is 4.68 Å². The van der Waals surface area contributed by atoms with Gasteiger partial charge in [-0.05, 0) is 38.0 Å². The lowest BCUT2D eigenvalue weighted by atomic mass is 10.0. The maximum atomic E-state index is 12.8. The van der Waals surface area contributed by atoms with E-state index in [1.807, 2.05) is 67.7 Å². The van der Waals surface area contributed by atoms with E-state index in [0.29, 0.717) is 13.1 Å². The van der Waals surface area contributed by atoms with E-state index < -0.39 is 0 Å². The Balaban J connectivity index is 1.80. The van der Waals surface area contributed by atoms with Crippen LogP contribution in [-0.4, -0.2) is 33.7 Å². The Morgan fingerprint density at radius 3 is 2.41 bits per heavy atom. The molecule has 0 aliphatic carbocycles. The second-order valence-electron chi connectivity index (χ2n) is 7.25. The first-order valence-corrected chi connectivity index (χ1v) is 9.79. The molecular formula is C24H22N4O. The summed E-state index contributed by atoms with van der Waals surface area (Å²) in [5.41, 5.74) is 4.67. The minimum atomic E-state index is -0.202. The van der Waals surface area contributed by atoms with Crippen molar-refractivity contribution in [2.24, 2.45) is 0 Å². The Hall–Kier alpha value is -3.65. The third-order valence-electron chi connectivity index (χ3n) is 5.13. The molecule has 1 saturated heterocycles. The van der Waals surface area contributed by atoms with Crippen LogP contribution in [0, 0.1) is 18.3 Å². The molecule has 0 atom stereocenters. The maximum Gasteiger partial charge on any atom is 0.264 e. The number of nitriles is 1. The van der Waals surface area contributed by atoms with Gasteiger partial charge in [0.2, 0.25) is 0 Å². The minimum Gasteiger partial charge on any atom is -0.338 e. The number of carbonyl (C=O) groups is 1. The summed E-state index contributed by atoms with van der Waals surface area (Å²) in [7, 11) is 0. The SMILES string of the molecule is Cc1ccc(-c2nn(-c3ccccc3)cc2/C=C(\C#N)C(=O)N2CCCC2)cc1. The highest BCUT2D eigenvalue weighted by Crippen LogP contribution is 2.26. The van der Waals surface area contributed by atoms with Crippen molar-refractivity contribution in [1.82, 2.24) is 14.7 Å². The Labute approximate surface area is 170 Å². The molecule has 1 aliphatic heterocycles. The fourth-order valence-electron chi connectivity index (χ4n) is 3.53. The smallest absolute Gasteiger partial charge is 0.264 e. The third-order valence-corrected chi connectivity index (χ3v) is 5.13. The van der Waals surface area contributed by atoms with Crippen molar-refractivity contribution >= 4 is 12.0 Å². The summed E-state index contributed by atoms with van der Waals surface area (Å²) < 4.78 is 1.79. The average molecular weight is 382 g/mol. The van der Waals surface area contributed by atoms with Crippen LogP contribution in [0.5, 0.6) is 0 Å². The van der Waals surface area contributed by atoms with Crippen LogP contribution >= 0.6 is 0 Å². The van der Waals surface area contributed by atoms with Gasteiger partial charge in [0.25, 0.3) is 5.91 Å². The van der Waals surface area contributed by atoms with Gasteiger partial charge in [0.05, 0.1) is 11.4 Å². The highest BCUT2D eigenvalue weighted by atomic mass is 16.2. The van der Waals surface area contributed by atoms with Gasteiger partial charge in [-0.2, -0.15) is 10.4 Å². The average Bonchev–Trinajstić information content (AvgIpc) is 3.43. The first-order chi connectivity index (χ1) is 14.2. The van der Waals surface area contributed by atoms with Crippen molar-refractivity contribution in [1.29, 1.82) is 5.26 Å². The van der Waals surface area contributed by atoms with Gasteiger partial charge in [-0.1, -0.05) is 48.0 Å². The van der Waals surface area contributed by atoms with Crippen LogP contribution in [0.4, 0.5) is 0 Å². The molecule has 1 amide bonds. The fraction of sp³-hybridized carbons (Fsp3) is 0.208. The molecule has 0 bridgehead atoms. The van der Waals surface area contributed by atoms with Crippen molar-refractivity contribution in [2.45, 2.75) is 19.8 Å². The number of likely N-dealkylation sites (tertiary alicyclic amines) is 1. The third kappa shape index (κ3) is 3.97. The van der Waals surface area contributed by atoms with Crippen LogP contribution in [0.15, 0.2) is 66.4 Å². The Morgan fingerprint density at radius 1 is 1.07 bits per heavy atom. The monoisotopic (exact) mass is 382 g/mol. The summed E-state index contributed by atoms with van der Waals surface area (Å²) in [6, 6.07) is 20.0. The van der Waals surface area contributed by atoms with E-state index in [2.05, 4.69) is 6.07 Å². The first kappa shape index (κ1) is 18.7. The van der Waals surface area contributed by atoms with E-state index in [1.54, 1.807) is 15.7 Å².